The second-order valence-corrected chi connectivity index (χ2v) is 8.10. The number of esters is 2. The fraction of sp³-hybridized carbons (Fsp3) is 0.185. The van der Waals surface area contributed by atoms with Crippen molar-refractivity contribution in [2.24, 2.45) is 0 Å². The number of aromatic hydroxyl groups is 4. The first-order valence-electron chi connectivity index (χ1n) is 10.9. The summed E-state index contributed by atoms with van der Waals surface area (Å²) >= 11 is 0. The van der Waals surface area contributed by atoms with Gasteiger partial charge in [0.2, 0.25) is 0 Å². The van der Waals surface area contributed by atoms with Gasteiger partial charge < -0.3 is 34.6 Å². The molecule has 0 aliphatic carbocycles. The van der Waals surface area contributed by atoms with Gasteiger partial charge in [-0.25, -0.2) is 0 Å². The Bertz CT molecular complexity index is 1290. The molecule has 0 bridgehead atoms. The maximum Gasteiger partial charge on any atom is 0.315 e. The van der Waals surface area contributed by atoms with Gasteiger partial charge in [-0.1, -0.05) is 30.8 Å². The zero-order valence-corrected chi connectivity index (χ0v) is 19.9. The molecule has 0 spiro atoms. The van der Waals surface area contributed by atoms with Crippen LogP contribution in [0.2, 0.25) is 0 Å². The van der Waals surface area contributed by atoms with Gasteiger partial charge in [0.15, 0.2) is 23.0 Å². The molecule has 9 heteroatoms. The average Bonchev–Trinajstić information content (AvgIpc) is 2.78. The van der Waals surface area contributed by atoms with Crippen molar-refractivity contribution in [2.45, 2.75) is 33.3 Å². The van der Waals surface area contributed by atoms with Crippen LogP contribution in [0.15, 0.2) is 60.9 Å². The minimum Gasteiger partial charge on any atom is -0.508 e. The number of rotatable bonds is 8. The van der Waals surface area contributed by atoms with E-state index in [0.717, 1.165) is 6.92 Å². The summed E-state index contributed by atoms with van der Waals surface area (Å²) < 4.78 is 16.2. The Morgan fingerprint density at radius 2 is 1.19 bits per heavy atom. The molecule has 0 heterocycles. The Kier molecular flexibility index (Phi) is 7.73. The summed E-state index contributed by atoms with van der Waals surface area (Å²) in [6.07, 6.45) is -0.790. The van der Waals surface area contributed by atoms with Crippen LogP contribution in [0.5, 0.6) is 34.5 Å². The maximum absolute atomic E-state index is 12.8. The topological polar surface area (TPSA) is 143 Å². The first-order valence-corrected chi connectivity index (χ1v) is 10.9. The number of benzene rings is 3. The van der Waals surface area contributed by atoms with Crippen LogP contribution in [-0.4, -0.2) is 38.5 Å². The molecule has 1 atom stereocenters. The third kappa shape index (κ3) is 5.87. The van der Waals surface area contributed by atoms with Gasteiger partial charge in [-0.3, -0.25) is 9.59 Å². The molecule has 9 nitrogen and oxygen atoms in total. The first-order chi connectivity index (χ1) is 17.0. The van der Waals surface area contributed by atoms with Crippen molar-refractivity contribution in [3.63, 3.8) is 0 Å². The molecule has 0 aromatic heterocycles. The van der Waals surface area contributed by atoms with Gasteiger partial charge in [0.25, 0.3) is 0 Å². The molecule has 0 saturated carbocycles. The van der Waals surface area contributed by atoms with Crippen molar-refractivity contribution in [2.75, 3.05) is 0 Å². The van der Waals surface area contributed by atoms with Crippen LogP contribution in [0.3, 0.4) is 0 Å². The summed E-state index contributed by atoms with van der Waals surface area (Å²) in [6.45, 7) is 8.02. The van der Waals surface area contributed by atoms with E-state index in [4.69, 9.17) is 14.2 Å². The molecule has 0 fully saturated rings. The predicted octanol–water partition coefficient (Wildman–Crippen LogP) is 5.00. The van der Waals surface area contributed by atoms with Gasteiger partial charge >= 0.3 is 11.9 Å². The first kappa shape index (κ1) is 26.0. The van der Waals surface area contributed by atoms with Gasteiger partial charge in [-0.15, -0.1) is 0 Å². The van der Waals surface area contributed by atoms with Gasteiger partial charge in [0.05, 0.1) is 23.3 Å². The quantitative estimate of drug-likeness (QED) is 0.147. The number of hydrogen-bond donors (Lipinski definition) is 4. The van der Waals surface area contributed by atoms with Crippen molar-refractivity contribution < 1.29 is 44.2 Å². The van der Waals surface area contributed by atoms with E-state index in [2.05, 4.69) is 6.58 Å². The largest absolute Gasteiger partial charge is 0.508 e. The normalized spacial score (nSPS) is 11.4. The number of carbonyl (C=O) groups is 2. The lowest BCUT2D eigenvalue weighted by Gasteiger charge is -2.21. The Hall–Kier alpha value is -4.66. The van der Waals surface area contributed by atoms with Crippen LogP contribution in [0, 0.1) is 0 Å². The van der Waals surface area contributed by atoms with E-state index in [-0.39, 0.29) is 45.9 Å². The Morgan fingerprint density at radius 3 is 1.58 bits per heavy atom. The van der Waals surface area contributed by atoms with Gasteiger partial charge in [-0.2, -0.15) is 0 Å². The molecule has 3 aromatic carbocycles. The molecular formula is C27H26O9. The molecule has 0 saturated heterocycles. The SMILES string of the molecule is C=C(C)O[C@@H](C)CC(=O)Oc1c(O)c(-c2ccc(O)cc2)c(OC(C)=O)c(O)c1-c1ccc(O)cc1. The third-order valence-electron chi connectivity index (χ3n) is 4.99. The monoisotopic (exact) mass is 494 g/mol. The van der Waals surface area contributed by atoms with Crippen LogP contribution in [0.25, 0.3) is 22.3 Å². The summed E-state index contributed by atoms with van der Waals surface area (Å²) in [7, 11) is 0. The standard InChI is InChI=1S/C27H26O9/c1-14(2)34-15(3)13-21(31)36-27-23(18-7-11-20(30)12-8-18)24(32)26(35-16(4)28)22(25(27)33)17-5-9-19(29)10-6-17/h5-12,15,29-30,32-33H,1,13H2,2-4H3/t15-/m0/s1. The smallest absolute Gasteiger partial charge is 0.315 e. The highest BCUT2D eigenvalue weighted by Gasteiger charge is 2.30. The van der Waals surface area contributed by atoms with Gasteiger partial charge in [-0.05, 0) is 49.2 Å². The highest BCUT2D eigenvalue weighted by Crippen LogP contribution is 2.56. The van der Waals surface area contributed by atoms with Crippen LogP contribution < -0.4 is 9.47 Å². The van der Waals surface area contributed by atoms with E-state index in [1.165, 1.54) is 48.5 Å². The van der Waals surface area contributed by atoms with Crippen LogP contribution in [-0.2, 0) is 14.3 Å². The molecule has 0 aliphatic heterocycles. The predicted molar refractivity (Wildman–Crippen MR) is 131 cm³/mol. The lowest BCUT2D eigenvalue weighted by atomic mass is 9.95. The molecule has 188 valence electrons. The van der Waals surface area contributed by atoms with E-state index in [0.29, 0.717) is 5.76 Å². The van der Waals surface area contributed by atoms with Gasteiger partial charge in [0, 0.05) is 6.92 Å². The highest BCUT2D eigenvalue weighted by molar-refractivity contribution is 5.95. The average molecular weight is 494 g/mol. The molecule has 4 N–H and O–H groups in total. The molecule has 3 rings (SSSR count). The summed E-state index contributed by atoms with van der Waals surface area (Å²) in [5.74, 6) is -3.25. The number of ether oxygens (including phenoxy) is 3. The molecular weight excluding hydrogens is 468 g/mol. The van der Waals surface area contributed by atoms with E-state index in [9.17, 15) is 30.0 Å². The number of phenols is 4. The summed E-state index contributed by atoms with van der Waals surface area (Å²) in [5.41, 5.74) is 0.220. The zero-order valence-electron chi connectivity index (χ0n) is 19.9. The highest BCUT2D eigenvalue weighted by atomic mass is 16.6. The lowest BCUT2D eigenvalue weighted by molar-refractivity contribution is -0.136. The number of allylic oxidation sites excluding steroid dienone is 1. The maximum atomic E-state index is 12.8. The van der Waals surface area contributed by atoms with E-state index in [1.54, 1.807) is 13.8 Å². The van der Waals surface area contributed by atoms with Crippen LogP contribution in [0.1, 0.15) is 27.2 Å². The minimum atomic E-state index is -0.782. The Balaban J connectivity index is 2.26. The van der Waals surface area contributed by atoms with Crippen molar-refractivity contribution >= 4 is 11.9 Å². The molecule has 0 unspecified atom stereocenters. The fourth-order valence-corrected chi connectivity index (χ4v) is 3.59. The van der Waals surface area contributed by atoms with Crippen molar-refractivity contribution in [3.8, 4) is 56.8 Å². The van der Waals surface area contributed by atoms with E-state index in [1.807, 2.05) is 0 Å². The number of hydrogen-bond acceptors (Lipinski definition) is 9. The third-order valence-corrected chi connectivity index (χ3v) is 4.99. The summed E-state index contributed by atoms with van der Waals surface area (Å²) in [4.78, 5) is 24.7. The van der Waals surface area contributed by atoms with E-state index < -0.39 is 35.3 Å². The molecule has 3 aromatic rings. The molecule has 0 amide bonds. The molecule has 36 heavy (non-hydrogen) atoms. The Labute approximate surface area is 207 Å². The number of carbonyl (C=O) groups excluding carboxylic acids is 2. The lowest BCUT2D eigenvalue weighted by Crippen LogP contribution is -2.18. The molecule has 0 radical (unpaired) electrons. The van der Waals surface area contributed by atoms with Crippen molar-refractivity contribution in [1.82, 2.24) is 0 Å². The van der Waals surface area contributed by atoms with Crippen LogP contribution in [0.4, 0.5) is 0 Å². The summed E-state index contributed by atoms with van der Waals surface area (Å²) in [6, 6.07) is 11.0. The minimum absolute atomic E-state index is 0.0598. The van der Waals surface area contributed by atoms with Crippen molar-refractivity contribution in [3.05, 3.63) is 60.9 Å². The molecule has 0 aliphatic rings. The van der Waals surface area contributed by atoms with E-state index >= 15 is 0 Å². The second kappa shape index (κ2) is 10.7. The number of phenolic OH excluding ortho intramolecular Hbond substituents is 4. The summed E-state index contributed by atoms with van der Waals surface area (Å²) in [5, 5.41) is 41.9. The Morgan fingerprint density at radius 1 is 0.778 bits per heavy atom. The van der Waals surface area contributed by atoms with Crippen LogP contribution >= 0.6 is 0 Å². The second-order valence-electron chi connectivity index (χ2n) is 8.10. The fourth-order valence-electron chi connectivity index (χ4n) is 3.59. The zero-order chi connectivity index (χ0) is 26.6. The van der Waals surface area contributed by atoms with Crippen molar-refractivity contribution in [1.29, 1.82) is 0 Å². The van der Waals surface area contributed by atoms with Gasteiger partial charge in [0.1, 0.15) is 17.6 Å².